The van der Waals surface area contributed by atoms with Crippen LogP contribution in [0.4, 0.5) is 17.1 Å². The van der Waals surface area contributed by atoms with E-state index >= 15 is 0 Å². The molecule has 0 N–H and O–H groups in total. The molecule has 0 saturated carbocycles. The van der Waals surface area contributed by atoms with Crippen LogP contribution in [0, 0.1) is 0 Å². The Bertz CT molecular complexity index is 2680. The summed E-state index contributed by atoms with van der Waals surface area (Å²) in [6.45, 7) is 0. The van der Waals surface area contributed by atoms with Gasteiger partial charge in [-0.25, -0.2) is 0 Å². The average Bonchev–Trinajstić information content (AvgIpc) is 3.72. The fraction of sp³-hybridized carbons (Fsp3) is 0.0204. The number of hydrogen-bond donors (Lipinski definition) is 0. The van der Waals surface area contributed by atoms with Gasteiger partial charge in [0.1, 0.15) is 0 Å². The number of fused-ring (bicyclic) bond motifs is 6. The van der Waals surface area contributed by atoms with E-state index in [9.17, 15) is 0 Å². The van der Waals surface area contributed by atoms with Crippen LogP contribution < -0.4 is 4.90 Å². The normalized spacial score (nSPS) is 14.7. The molecule has 1 nitrogen and oxygen atoms in total. The number of hydrogen-bond acceptors (Lipinski definition) is 2. The highest BCUT2D eigenvalue weighted by atomic mass is 32.1. The Hall–Kier alpha value is -6.22. The molecule has 2 heteroatoms. The van der Waals surface area contributed by atoms with Crippen LogP contribution in [0.25, 0.3) is 42.4 Å². The Morgan fingerprint density at radius 3 is 1.73 bits per heavy atom. The molecule has 9 aromatic rings. The van der Waals surface area contributed by atoms with Crippen molar-refractivity contribution in [2.45, 2.75) is 5.41 Å². The molecule has 240 valence electrons. The first-order valence-electron chi connectivity index (χ1n) is 17.5. The summed E-state index contributed by atoms with van der Waals surface area (Å²) in [5.41, 5.74) is 13.0. The summed E-state index contributed by atoms with van der Waals surface area (Å²) >= 11 is 1.86. The van der Waals surface area contributed by atoms with E-state index < -0.39 is 5.41 Å². The molecule has 0 saturated heterocycles. The summed E-state index contributed by atoms with van der Waals surface area (Å²) < 4.78 is 2.62. The van der Waals surface area contributed by atoms with Crippen LogP contribution >= 0.6 is 11.3 Å². The minimum absolute atomic E-state index is 0.506. The monoisotopic (exact) mass is 667 g/mol. The smallest absolute Gasteiger partial charge is 0.0714 e. The minimum atomic E-state index is -0.506. The number of benzene rings is 8. The Kier molecular flexibility index (Phi) is 6.97. The summed E-state index contributed by atoms with van der Waals surface area (Å²) in [6.07, 6.45) is 0. The quantitative estimate of drug-likeness (QED) is 0.171. The van der Waals surface area contributed by atoms with E-state index in [1.165, 1.54) is 64.7 Å². The average molecular weight is 668 g/mol. The number of rotatable bonds is 6. The lowest BCUT2D eigenvalue weighted by atomic mass is 9.67. The van der Waals surface area contributed by atoms with Crippen molar-refractivity contribution in [3.05, 3.63) is 222 Å². The third-order valence-electron chi connectivity index (χ3n) is 10.6. The van der Waals surface area contributed by atoms with Gasteiger partial charge in [-0.05, 0) is 93.0 Å². The van der Waals surface area contributed by atoms with Crippen LogP contribution in [-0.4, -0.2) is 0 Å². The summed E-state index contributed by atoms with van der Waals surface area (Å²) in [6, 6.07) is 73.6. The van der Waals surface area contributed by atoms with Crippen LogP contribution in [0.5, 0.6) is 0 Å². The van der Waals surface area contributed by atoms with E-state index in [2.05, 4.69) is 205 Å². The number of para-hydroxylation sites is 1. The number of thiophene rings is 1. The largest absolute Gasteiger partial charge is 0.310 e. The maximum atomic E-state index is 2.45. The molecule has 0 bridgehead atoms. The third-order valence-corrected chi connectivity index (χ3v) is 11.7. The van der Waals surface area contributed by atoms with E-state index in [1.54, 1.807) is 0 Å². The molecule has 0 radical (unpaired) electrons. The zero-order valence-corrected chi connectivity index (χ0v) is 28.7. The highest BCUT2D eigenvalue weighted by Crippen LogP contribution is 2.57. The molecular formula is C49H33NS. The topological polar surface area (TPSA) is 3.24 Å². The van der Waals surface area contributed by atoms with Crippen LogP contribution in [-0.2, 0) is 5.41 Å². The van der Waals surface area contributed by atoms with Gasteiger partial charge in [0.2, 0.25) is 0 Å². The van der Waals surface area contributed by atoms with Gasteiger partial charge in [-0.1, -0.05) is 152 Å². The summed E-state index contributed by atoms with van der Waals surface area (Å²) in [5, 5.41) is 2.60. The summed E-state index contributed by atoms with van der Waals surface area (Å²) in [7, 11) is 0. The summed E-state index contributed by atoms with van der Waals surface area (Å²) in [4.78, 5) is 2.42. The van der Waals surface area contributed by atoms with Gasteiger partial charge >= 0.3 is 0 Å². The fourth-order valence-electron chi connectivity index (χ4n) is 8.30. The third kappa shape index (κ3) is 4.68. The second kappa shape index (κ2) is 12.0. The van der Waals surface area contributed by atoms with E-state index in [4.69, 9.17) is 0 Å². The lowest BCUT2D eigenvalue weighted by molar-refractivity contribution is 0.768. The highest BCUT2D eigenvalue weighted by Gasteiger charge is 2.46. The van der Waals surface area contributed by atoms with E-state index in [0.717, 1.165) is 17.1 Å². The van der Waals surface area contributed by atoms with Crippen LogP contribution in [0.15, 0.2) is 200 Å². The van der Waals surface area contributed by atoms with Crippen molar-refractivity contribution in [2.75, 3.05) is 4.90 Å². The summed E-state index contributed by atoms with van der Waals surface area (Å²) in [5.74, 6) is 0. The second-order valence-corrected chi connectivity index (χ2v) is 14.4. The molecule has 51 heavy (non-hydrogen) atoms. The molecular weight excluding hydrogens is 635 g/mol. The predicted octanol–water partition coefficient (Wildman–Crippen LogP) is 13.6. The first-order valence-corrected chi connectivity index (χ1v) is 18.3. The van der Waals surface area contributed by atoms with Gasteiger partial charge in [-0.2, -0.15) is 0 Å². The van der Waals surface area contributed by atoms with Gasteiger partial charge in [0, 0.05) is 37.2 Å². The Morgan fingerprint density at radius 1 is 0.353 bits per heavy atom. The van der Waals surface area contributed by atoms with Crippen molar-refractivity contribution >= 4 is 48.6 Å². The van der Waals surface area contributed by atoms with Gasteiger partial charge in [0.15, 0.2) is 0 Å². The second-order valence-electron chi connectivity index (χ2n) is 13.3. The molecule has 0 fully saturated rings. The van der Waals surface area contributed by atoms with Crippen LogP contribution in [0.1, 0.15) is 22.3 Å². The first-order chi connectivity index (χ1) is 25.3. The van der Waals surface area contributed by atoms with Crippen LogP contribution in [0.3, 0.4) is 0 Å². The molecule has 1 aromatic heterocycles. The Labute approximate surface area is 302 Å². The lowest BCUT2D eigenvalue weighted by Crippen LogP contribution is -2.28. The predicted molar refractivity (Wildman–Crippen MR) is 217 cm³/mol. The fourth-order valence-corrected chi connectivity index (χ4v) is 9.39. The van der Waals surface area contributed by atoms with E-state index in [-0.39, 0.29) is 0 Å². The Morgan fingerprint density at radius 2 is 0.922 bits per heavy atom. The zero-order valence-electron chi connectivity index (χ0n) is 27.9. The maximum Gasteiger partial charge on any atom is 0.0714 e. The van der Waals surface area contributed by atoms with Crippen molar-refractivity contribution in [3.63, 3.8) is 0 Å². The standard InChI is InChI=1S/C49H33NS/c1-4-14-34(15-5-1)35-24-26-37(27-25-35)49(36-16-6-2-7-17-36)45-22-12-10-20-41(45)42-30-28-40(33-46(42)49)50(38-18-8-3-9-19-38)39-29-31-48-44(32-39)43-21-11-13-23-47(43)51-48/h1-33H. The van der Waals surface area contributed by atoms with Gasteiger partial charge < -0.3 is 4.90 Å². The van der Waals surface area contributed by atoms with Gasteiger partial charge in [-0.15, -0.1) is 11.3 Å². The van der Waals surface area contributed by atoms with Gasteiger partial charge in [-0.3, -0.25) is 0 Å². The molecule has 8 aromatic carbocycles. The van der Waals surface area contributed by atoms with Gasteiger partial charge in [0.25, 0.3) is 0 Å². The molecule has 0 spiro atoms. The number of nitrogens with zero attached hydrogens (tertiary/aromatic N) is 1. The Balaban J connectivity index is 1.22. The molecule has 1 unspecified atom stereocenters. The van der Waals surface area contributed by atoms with E-state index in [0.29, 0.717) is 0 Å². The van der Waals surface area contributed by atoms with Crippen molar-refractivity contribution in [1.82, 2.24) is 0 Å². The van der Waals surface area contributed by atoms with Crippen molar-refractivity contribution < 1.29 is 0 Å². The first kappa shape index (κ1) is 29.7. The molecule has 1 aliphatic rings. The van der Waals surface area contributed by atoms with Crippen LogP contribution in [0.2, 0.25) is 0 Å². The van der Waals surface area contributed by atoms with Crippen molar-refractivity contribution in [1.29, 1.82) is 0 Å². The molecule has 0 amide bonds. The van der Waals surface area contributed by atoms with Crippen molar-refractivity contribution in [2.24, 2.45) is 0 Å². The molecule has 1 aliphatic carbocycles. The van der Waals surface area contributed by atoms with Gasteiger partial charge in [0.05, 0.1) is 5.41 Å². The zero-order chi connectivity index (χ0) is 33.8. The maximum absolute atomic E-state index is 2.45. The molecule has 1 heterocycles. The molecule has 10 rings (SSSR count). The lowest BCUT2D eigenvalue weighted by Gasteiger charge is -2.35. The van der Waals surface area contributed by atoms with E-state index in [1.807, 2.05) is 11.3 Å². The SMILES string of the molecule is c1ccc(-c2ccc(C3(c4ccccc4)c4ccccc4-c4ccc(N(c5ccccc5)c5ccc6sc7ccccc7c6c5)cc43)cc2)cc1. The number of anilines is 3. The molecule has 1 atom stereocenters. The molecule has 0 aliphatic heterocycles. The van der Waals surface area contributed by atoms with Crippen molar-refractivity contribution in [3.8, 4) is 22.3 Å². The highest BCUT2D eigenvalue weighted by molar-refractivity contribution is 7.25. The minimum Gasteiger partial charge on any atom is -0.310 e.